The molecular formula is C31H59NO. The molecule has 1 atom stereocenters. The molecule has 0 spiro atoms. The van der Waals surface area contributed by atoms with E-state index in [0.29, 0.717) is 5.92 Å². The quantitative estimate of drug-likeness (QED) is 0.172. The fourth-order valence-corrected chi connectivity index (χ4v) is 5.54. The smallest absolute Gasteiger partial charge is 0.0185 e. The van der Waals surface area contributed by atoms with Gasteiger partial charge in [0.2, 0.25) is 0 Å². The van der Waals surface area contributed by atoms with Gasteiger partial charge in [0.15, 0.2) is 0 Å². The average molecular weight is 462 g/mol. The molecule has 0 saturated heterocycles. The van der Waals surface area contributed by atoms with Crippen LogP contribution in [0.4, 0.5) is 0 Å². The summed E-state index contributed by atoms with van der Waals surface area (Å²) in [5.74, 6) is 0.613. The minimum atomic E-state index is 0. The van der Waals surface area contributed by atoms with Gasteiger partial charge in [-0.3, -0.25) is 0 Å². The van der Waals surface area contributed by atoms with E-state index < -0.39 is 0 Å². The molecule has 4 N–H and O–H groups in total. The van der Waals surface area contributed by atoms with E-state index in [2.05, 4.69) is 51.1 Å². The lowest BCUT2D eigenvalue weighted by molar-refractivity contribution is 0.211. The predicted molar refractivity (Wildman–Crippen MR) is 149 cm³/mol. The third-order valence-corrected chi connectivity index (χ3v) is 7.48. The van der Waals surface area contributed by atoms with Gasteiger partial charge in [0.05, 0.1) is 0 Å². The molecule has 0 saturated carbocycles. The molecular weight excluding hydrogens is 402 g/mol. The third-order valence-electron chi connectivity index (χ3n) is 7.48. The Balaban J connectivity index is 0.0000102. The van der Waals surface area contributed by atoms with Gasteiger partial charge in [-0.15, -0.1) is 0 Å². The standard InChI is InChI=1S/C31H57N.H2O/c1-4-7-8-9-10-11-12-13-14-15-16-17-18-22-25-30(28-29-23-20-19-21-24-29)31(32,26-5-2)27-6-3;/h19-21,23-24,30H,4-18,22,25-28,32H2,1-3H3;1H2. The Kier molecular flexibility index (Phi) is 21.1. The summed E-state index contributed by atoms with van der Waals surface area (Å²) < 4.78 is 0. The van der Waals surface area contributed by atoms with Gasteiger partial charge in [-0.1, -0.05) is 154 Å². The first-order valence-electron chi connectivity index (χ1n) is 14.5. The topological polar surface area (TPSA) is 57.5 Å². The fourth-order valence-electron chi connectivity index (χ4n) is 5.54. The molecule has 0 aromatic heterocycles. The normalized spacial score (nSPS) is 12.5. The number of nitrogens with two attached hydrogens (primary N) is 1. The van der Waals surface area contributed by atoms with E-state index >= 15 is 0 Å². The Morgan fingerprint density at radius 2 is 1.03 bits per heavy atom. The minimum Gasteiger partial charge on any atom is -0.412 e. The maximum atomic E-state index is 7.07. The molecule has 0 fully saturated rings. The van der Waals surface area contributed by atoms with Crippen molar-refractivity contribution in [2.75, 3.05) is 0 Å². The van der Waals surface area contributed by atoms with Crippen LogP contribution in [0.15, 0.2) is 30.3 Å². The molecule has 0 heterocycles. The summed E-state index contributed by atoms with van der Waals surface area (Å²) in [6.07, 6.45) is 27.2. The monoisotopic (exact) mass is 461 g/mol. The maximum Gasteiger partial charge on any atom is 0.0185 e. The van der Waals surface area contributed by atoms with E-state index in [1.54, 1.807) is 0 Å². The van der Waals surface area contributed by atoms with E-state index in [-0.39, 0.29) is 11.0 Å². The zero-order chi connectivity index (χ0) is 23.3. The first kappa shape index (κ1) is 32.1. The van der Waals surface area contributed by atoms with Crippen molar-refractivity contribution < 1.29 is 5.48 Å². The van der Waals surface area contributed by atoms with Gasteiger partial charge in [-0.25, -0.2) is 0 Å². The van der Waals surface area contributed by atoms with Crippen molar-refractivity contribution in [2.24, 2.45) is 11.7 Å². The molecule has 0 radical (unpaired) electrons. The van der Waals surface area contributed by atoms with Gasteiger partial charge in [0, 0.05) is 5.54 Å². The minimum absolute atomic E-state index is 0. The molecule has 194 valence electrons. The first-order valence-corrected chi connectivity index (χ1v) is 14.5. The SMILES string of the molecule is CCCCCCCCCCCCCCCCC(Cc1ccccc1)C(N)(CCC)CCC.O. The number of hydrogen-bond acceptors (Lipinski definition) is 1. The van der Waals surface area contributed by atoms with Gasteiger partial charge < -0.3 is 11.2 Å². The highest BCUT2D eigenvalue weighted by Crippen LogP contribution is 2.33. The second-order valence-corrected chi connectivity index (χ2v) is 10.5. The Morgan fingerprint density at radius 3 is 1.45 bits per heavy atom. The van der Waals surface area contributed by atoms with Crippen LogP contribution >= 0.6 is 0 Å². The molecule has 1 rings (SSSR count). The lowest BCUT2D eigenvalue weighted by atomic mass is 9.72. The molecule has 2 nitrogen and oxygen atoms in total. The maximum absolute atomic E-state index is 7.07. The highest BCUT2D eigenvalue weighted by Gasteiger charge is 2.32. The van der Waals surface area contributed by atoms with Crippen LogP contribution < -0.4 is 5.73 Å². The molecule has 1 aromatic carbocycles. The van der Waals surface area contributed by atoms with Crippen LogP contribution in [-0.4, -0.2) is 11.0 Å². The van der Waals surface area contributed by atoms with Crippen molar-refractivity contribution in [3.63, 3.8) is 0 Å². The molecule has 0 aliphatic carbocycles. The van der Waals surface area contributed by atoms with Crippen LogP contribution in [-0.2, 0) is 6.42 Å². The zero-order valence-electron chi connectivity index (χ0n) is 22.7. The van der Waals surface area contributed by atoms with Crippen molar-refractivity contribution in [1.82, 2.24) is 0 Å². The number of rotatable bonds is 22. The second kappa shape index (κ2) is 21.7. The molecule has 1 unspecified atom stereocenters. The van der Waals surface area contributed by atoms with Crippen LogP contribution in [0.1, 0.15) is 148 Å². The van der Waals surface area contributed by atoms with E-state index in [9.17, 15) is 0 Å². The molecule has 0 aliphatic rings. The van der Waals surface area contributed by atoms with E-state index in [0.717, 1.165) is 19.3 Å². The van der Waals surface area contributed by atoms with Crippen LogP contribution in [0.2, 0.25) is 0 Å². The van der Waals surface area contributed by atoms with Crippen molar-refractivity contribution in [1.29, 1.82) is 0 Å². The van der Waals surface area contributed by atoms with Gasteiger partial charge >= 0.3 is 0 Å². The van der Waals surface area contributed by atoms with Crippen LogP contribution in [0.3, 0.4) is 0 Å². The molecule has 2 heteroatoms. The summed E-state index contributed by atoms with van der Waals surface area (Å²) in [5.41, 5.74) is 8.54. The van der Waals surface area contributed by atoms with Gasteiger partial charge in [0.1, 0.15) is 0 Å². The summed E-state index contributed by atoms with van der Waals surface area (Å²) in [4.78, 5) is 0. The van der Waals surface area contributed by atoms with Crippen LogP contribution in [0, 0.1) is 5.92 Å². The summed E-state index contributed by atoms with van der Waals surface area (Å²) in [6.45, 7) is 6.89. The van der Waals surface area contributed by atoms with Crippen molar-refractivity contribution in [3.8, 4) is 0 Å². The molecule has 0 amide bonds. The first-order chi connectivity index (χ1) is 15.7. The second-order valence-electron chi connectivity index (χ2n) is 10.5. The lowest BCUT2D eigenvalue weighted by Gasteiger charge is -2.38. The highest BCUT2D eigenvalue weighted by molar-refractivity contribution is 5.16. The van der Waals surface area contributed by atoms with Crippen molar-refractivity contribution in [3.05, 3.63) is 35.9 Å². The molecule has 0 bridgehead atoms. The Bertz CT molecular complexity index is 509. The lowest BCUT2D eigenvalue weighted by Crippen LogP contribution is -2.48. The fraction of sp³-hybridized carbons (Fsp3) is 0.806. The average Bonchev–Trinajstić information content (AvgIpc) is 2.79. The van der Waals surface area contributed by atoms with Crippen molar-refractivity contribution >= 4 is 0 Å². The summed E-state index contributed by atoms with van der Waals surface area (Å²) in [5, 5.41) is 0. The molecule has 33 heavy (non-hydrogen) atoms. The number of hydrogen-bond donors (Lipinski definition) is 1. The summed E-state index contributed by atoms with van der Waals surface area (Å²) in [6, 6.07) is 11.1. The Morgan fingerprint density at radius 1 is 0.606 bits per heavy atom. The zero-order valence-corrected chi connectivity index (χ0v) is 22.7. The third kappa shape index (κ3) is 15.6. The predicted octanol–water partition coefficient (Wildman–Crippen LogP) is 9.19. The van der Waals surface area contributed by atoms with Gasteiger partial charge in [0.25, 0.3) is 0 Å². The van der Waals surface area contributed by atoms with E-state index in [1.807, 2.05) is 0 Å². The Hall–Kier alpha value is -0.860. The van der Waals surface area contributed by atoms with Crippen molar-refractivity contribution in [2.45, 2.75) is 155 Å². The molecule has 0 aliphatic heterocycles. The van der Waals surface area contributed by atoms with Gasteiger partial charge in [-0.05, 0) is 37.2 Å². The van der Waals surface area contributed by atoms with Crippen LogP contribution in [0.25, 0.3) is 0 Å². The Labute approximate surface area is 207 Å². The largest absolute Gasteiger partial charge is 0.412 e. The van der Waals surface area contributed by atoms with Gasteiger partial charge in [-0.2, -0.15) is 0 Å². The molecule has 1 aromatic rings. The number of benzene rings is 1. The van der Waals surface area contributed by atoms with Crippen LogP contribution in [0.5, 0.6) is 0 Å². The van der Waals surface area contributed by atoms with E-state index in [1.165, 1.54) is 115 Å². The highest BCUT2D eigenvalue weighted by atomic mass is 16.0. The summed E-state index contributed by atoms with van der Waals surface area (Å²) in [7, 11) is 0. The number of unbranched alkanes of at least 4 members (excludes halogenated alkanes) is 13. The summed E-state index contributed by atoms with van der Waals surface area (Å²) >= 11 is 0. The van der Waals surface area contributed by atoms with E-state index in [4.69, 9.17) is 5.73 Å².